The average molecular weight is 721 g/mol. The van der Waals surface area contributed by atoms with E-state index in [9.17, 15) is 19.2 Å². The molecule has 8 nitrogen and oxygen atoms in total. The molecule has 256 valence electrons. The van der Waals surface area contributed by atoms with Crippen molar-refractivity contribution in [1.82, 2.24) is 0 Å². The molecule has 0 spiro atoms. The van der Waals surface area contributed by atoms with Crippen LogP contribution in [0.25, 0.3) is 0 Å². The van der Waals surface area contributed by atoms with Crippen LogP contribution in [0.4, 0.5) is 0 Å². The van der Waals surface area contributed by atoms with Gasteiger partial charge in [-0.05, 0) is 96.9 Å². The minimum Gasteiger partial charge on any atom is -0.520 e. The second-order valence-corrected chi connectivity index (χ2v) is 26.9. The summed E-state index contributed by atoms with van der Waals surface area (Å²) < 4.78 is 25.7. The fourth-order valence-electron chi connectivity index (χ4n) is 6.01. The quantitative estimate of drug-likeness (QED) is 0.132. The van der Waals surface area contributed by atoms with E-state index in [4.69, 9.17) is 17.7 Å². The number of hydrogen-bond donors (Lipinski definition) is 4. The zero-order chi connectivity index (χ0) is 35.1. The van der Waals surface area contributed by atoms with Crippen molar-refractivity contribution in [2.75, 3.05) is 0 Å². The van der Waals surface area contributed by atoms with Gasteiger partial charge in [-0.15, -0.1) is 0 Å². The summed E-state index contributed by atoms with van der Waals surface area (Å²) in [7, 11) is -12.2. The van der Waals surface area contributed by atoms with Crippen LogP contribution in [-0.2, 0) is 25.7 Å². The van der Waals surface area contributed by atoms with Crippen LogP contribution in [0.1, 0.15) is 44.5 Å². The average Bonchev–Trinajstić information content (AvgIpc) is 2.92. The van der Waals surface area contributed by atoms with Gasteiger partial charge in [0.15, 0.2) is 0 Å². The summed E-state index contributed by atoms with van der Waals surface area (Å²) in [6.45, 7) is 13.9. The summed E-state index contributed by atoms with van der Waals surface area (Å²) >= 11 is 0. The highest BCUT2D eigenvalue weighted by Gasteiger charge is 2.31. The third-order valence-electron chi connectivity index (χ3n) is 7.64. The number of rotatable bonds is 8. The Morgan fingerprint density at radius 1 is 0.333 bits per heavy atom. The molecule has 0 fully saturated rings. The summed E-state index contributed by atoms with van der Waals surface area (Å²) in [6.07, 6.45) is 1.73. The first-order valence-electron chi connectivity index (χ1n) is 16.3. The molecule has 0 unspecified atom stereocenters. The minimum atomic E-state index is -3.06. The SMILES string of the molecule is C[Si](C)(O)Oc1c2cccc1Cc1cccc(c1O[Si](C)(C)O)Cc1cccc(c1O[Si](C)(C)O)Cc1cccc(c1O[Si](C)(C)O)C2. The number of para-hydroxylation sites is 4. The maximum absolute atomic E-state index is 11.0. The van der Waals surface area contributed by atoms with Crippen LogP contribution in [0.2, 0.25) is 52.4 Å². The molecule has 5 rings (SSSR count). The third-order valence-corrected chi connectivity index (χ3v) is 10.5. The maximum atomic E-state index is 11.0. The lowest BCUT2D eigenvalue weighted by atomic mass is 9.91. The van der Waals surface area contributed by atoms with E-state index in [2.05, 4.69) is 0 Å². The molecule has 0 saturated heterocycles. The van der Waals surface area contributed by atoms with Crippen LogP contribution in [-0.4, -0.2) is 53.4 Å². The Bertz CT molecular complexity index is 1440. The van der Waals surface area contributed by atoms with Gasteiger partial charge >= 0.3 is 34.2 Å². The molecule has 0 amide bonds. The molecule has 0 aromatic heterocycles. The van der Waals surface area contributed by atoms with Gasteiger partial charge < -0.3 is 36.9 Å². The first kappa shape index (κ1) is 36.1. The smallest absolute Gasteiger partial charge is 0.389 e. The van der Waals surface area contributed by atoms with Crippen molar-refractivity contribution in [3.63, 3.8) is 0 Å². The summed E-state index contributed by atoms with van der Waals surface area (Å²) in [4.78, 5) is 44.1. The minimum absolute atomic E-state index is 0.432. The molecule has 0 atom stereocenters. The number of fused-ring (bicyclic) bond motifs is 8. The van der Waals surface area contributed by atoms with Crippen molar-refractivity contribution < 1.29 is 36.9 Å². The monoisotopic (exact) mass is 720 g/mol. The molecule has 8 bridgehead atoms. The fraction of sp³-hybridized carbons (Fsp3) is 0.333. The second-order valence-electron chi connectivity index (χ2n) is 14.5. The van der Waals surface area contributed by atoms with E-state index in [1.807, 2.05) is 72.8 Å². The van der Waals surface area contributed by atoms with E-state index in [1.54, 1.807) is 52.4 Å². The molecular formula is C36H48O8Si4. The van der Waals surface area contributed by atoms with Gasteiger partial charge in [0, 0.05) is 25.7 Å². The molecule has 12 heteroatoms. The van der Waals surface area contributed by atoms with E-state index in [-0.39, 0.29) is 0 Å². The Morgan fingerprint density at radius 2 is 0.479 bits per heavy atom. The zero-order valence-corrected chi connectivity index (χ0v) is 33.2. The van der Waals surface area contributed by atoms with Crippen LogP contribution < -0.4 is 17.7 Å². The van der Waals surface area contributed by atoms with Crippen molar-refractivity contribution in [2.24, 2.45) is 0 Å². The van der Waals surface area contributed by atoms with E-state index >= 15 is 0 Å². The van der Waals surface area contributed by atoms with E-state index in [0.29, 0.717) is 48.7 Å². The van der Waals surface area contributed by atoms with Crippen molar-refractivity contribution in [1.29, 1.82) is 0 Å². The summed E-state index contributed by atoms with van der Waals surface area (Å²) in [5.74, 6) is 2.48. The largest absolute Gasteiger partial charge is 0.520 e. The second kappa shape index (κ2) is 13.6. The molecule has 0 aliphatic heterocycles. The van der Waals surface area contributed by atoms with Gasteiger partial charge in [0.25, 0.3) is 0 Å². The fourth-order valence-corrected chi connectivity index (χ4v) is 9.06. The Labute approximate surface area is 288 Å². The summed E-state index contributed by atoms with van der Waals surface area (Å²) in [6, 6.07) is 24.0. The highest BCUT2D eigenvalue weighted by molar-refractivity contribution is 6.65. The molecule has 0 heterocycles. The Kier molecular flexibility index (Phi) is 10.2. The van der Waals surface area contributed by atoms with Crippen molar-refractivity contribution in [2.45, 2.75) is 78.1 Å². The molecular weight excluding hydrogens is 673 g/mol. The number of hydrogen-bond acceptors (Lipinski definition) is 8. The van der Waals surface area contributed by atoms with Gasteiger partial charge in [0.1, 0.15) is 23.0 Å². The van der Waals surface area contributed by atoms with E-state index < -0.39 is 34.2 Å². The van der Waals surface area contributed by atoms with Crippen molar-refractivity contribution in [3.05, 3.63) is 117 Å². The van der Waals surface area contributed by atoms with Crippen molar-refractivity contribution >= 4 is 34.2 Å². The first-order chi connectivity index (χ1) is 22.2. The lowest BCUT2D eigenvalue weighted by Crippen LogP contribution is -2.35. The zero-order valence-electron chi connectivity index (χ0n) is 29.2. The third kappa shape index (κ3) is 9.48. The van der Waals surface area contributed by atoms with Gasteiger partial charge in [0.05, 0.1) is 0 Å². The van der Waals surface area contributed by atoms with Crippen LogP contribution >= 0.6 is 0 Å². The van der Waals surface area contributed by atoms with Gasteiger partial charge in [0.2, 0.25) is 0 Å². The van der Waals surface area contributed by atoms with Crippen LogP contribution in [0.15, 0.2) is 72.8 Å². The van der Waals surface area contributed by atoms with Gasteiger partial charge in [-0.3, -0.25) is 0 Å². The molecule has 4 aromatic carbocycles. The molecule has 4 N–H and O–H groups in total. The van der Waals surface area contributed by atoms with Crippen molar-refractivity contribution in [3.8, 4) is 23.0 Å². The maximum Gasteiger partial charge on any atom is 0.389 e. The van der Waals surface area contributed by atoms with Gasteiger partial charge in [-0.2, -0.15) is 0 Å². The lowest BCUT2D eigenvalue weighted by Gasteiger charge is -2.28. The highest BCUT2D eigenvalue weighted by Crippen LogP contribution is 2.40. The normalized spacial score (nSPS) is 13.9. The van der Waals surface area contributed by atoms with Gasteiger partial charge in [-0.1, -0.05) is 72.8 Å². The highest BCUT2D eigenvalue weighted by atomic mass is 28.4. The summed E-state index contributed by atoms with van der Waals surface area (Å²) in [5, 5.41) is 0. The number of benzene rings is 4. The van der Waals surface area contributed by atoms with Crippen LogP contribution in [0, 0.1) is 0 Å². The molecule has 0 radical (unpaired) electrons. The standard InChI is InChI=1S/C36H48O8Si4/c1-45(2,37)41-33-25-13-9-14-26(33)22-28-16-11-18-30(35(28)43-47(5,6)39)24-32-20-12-19-31(36(32)44-48(7,8)40)23-29-17-10-15-27(21-25)34(29)42-46(3,4)38/h9-20,37-40H,21-24H2,1-8H3. The molecule has 1 aliphatic rings. The first-order valence-corrected chi connectivity index (χ1v) is 27.8. The Hall–Kier alpha value is -3.21. The topological polar surface area (TPSA) is 118 Å². The predicted molar refractivity (Wildman–Crippen MR) is 198 cm³/mol. The van der Waals surface area contributed by atoms with E-state index in [0.717, 1.165) is 44.5 Å². The molecule has 4 aromatic rings. The molecule has 0 saturated carbocycles. The predicted octanol–water partition coefficient (Wildman–Crippen LogP) is 6.65. The molecule has 48 heavy (non-hydrogen) atoms. The summed E-state index contributed by atoms with van der Waals surface area (Å²) in [5.41, 5.74) is 7.02. The lowest BCUT2D eigenvalue weighted by molar-refractivity contribution is 0.384. The van der Waals surface area contributed by atoms with Crippen LogP contribution in [0.5, 0.6) is 23.0 Å². The Balaban J connectivity index is 1.82. The van der Waals surface area contributed by atoms with Gasteiger partial charge in [-0.25, -0.2) is 0 Å². The van der Waals surface area contributed by atoms with E-state index in [1.165, 1.54) is 0 Å². The molecule has 1 aliphatic carbocycles. The Morgan fingerprint density at radius 3 is 0.604 bits per heavy atom. The van der Waals surface area contributed by atoms with Crippen LogP contribution in [0.3, 0.4) is 0 Å².